The van der Waals surface area contributed by atoms with Gasteiger partial charge in [0.1, 0.15) is 24.1 Å². The standard InChI is InChI=1S/C29H48N2O7Si2/c1-28(2,3)39(8,9)37-24-22(19-32)36-26(25(24)38-40(10,11)29(4,5)6)30-17-16-23(33)31(27(30)34)18-20-12-14-21(35-7)15-13-20/h12-17,22,24-26,32H,18-19H2,1-11H3/t22-,24-,25+,26-/m1/s1. The van der Waals surface area contributed by atoms with Gasteiger partial charge in [0.05, 0.1) is 20.3 Å². The van der Waals surface area contributed by atoms with Crippen LogP contribution >= 0.6 is 0 Å². The second kappa shape index (κ2) is 11.7. The van der Waals surface area contributed by atoms with Gasteiger partial charge in [0.2, 0.25) is 0 Å². The third-order valence-electron chi connectivity index (χ3n) is 8.81. The highest BCUT2D eigenvalue weighted by atomic mass is 28.4. The Morgan fingerprint density at radius 3 is 1.88 bits per heavy atom. The monoisotopic (exact) mass is 592 g/mol. The first-order valence-corrected chi connectivity index (χ1v) is 19.7. The highest BCUT2D eigenvalue weighted by molar-refractivity contribution is 6.74. The van der Waals surface area contributed by atoms with E-state index < -0.39 is 52.4 Å². The quantitative estimate of drug-likeness (QED) is 0.420. The molecular formula is C29H48N2O7Si2. The maximum Gasteiger partial charge on any atom is 0.333 e. The Bertz CT molecular complexity index is 1270. The van der Waals surface area contributed by atoms with Crippen molar-refractivity contribution in [2.24, 2.45) is 0 Å². The van der Waals surface area contributed by atoms with E-state index in [1.54, 1.807) is 19.2 Å². The van der Waals surface area contributed by atoms with E-state index in [0.717, 1.165) is 5.56 Å². The molecule has 0 spiro atoms. The molecule has 0 amide bonds. The first kappa shape index (κ1) is 32.5. The normalized spacial score (nSPS) is 22.5. The van der Waals surface area contributed by atoms with Crippen molar-refractivity contribution in [3.05, 3.63) is 62.9 Å². The SMILES string of the molecule is COc1ccc(Cn2c(=O)ccn([C@@H]3O[C@H](CO)[C@@H](O[Si](C)(C)C(C)(C)C)[C@@H]3O[Si](C)(C)C(C)(C)C)c2=O)cc1. The van der Waals surface area contributed by atoms with Crippen molar-refractivity contribution in [2.45, 2.75) is 109 Å². The molecular weight excluding hydrogens is 544 g/mol. The van der Waals surface area contributed by atoms with Crippen LogP contribution < -0.4 is 16.0 Å². The first-order valence-electron chi connectivity index (χ1n) is 13.9. The van der Waals surface area contributed by atoms with E-state index in [4.69, 9.17) is 18.3 Å². The Balaban J connectivity index is 2.11. The predicted molar refractivity (Wildman–Crippen MR) is 162 cm³/mol. The molecule has 0 radical (unpaired) electrons. The summed E-state index contributed by atoms with van der Waals surface area (Å²) in [5.41, 5.74) is -0.141. The van der Waals surface area contributed by atoms with Gasteiger partial charge in [-0.1, -0.05) is 53.7 Å². The van der Waals surface area contributed by atoms with E-state index in [2.05, 4.69) is 67.7 Å². The highest BCUT2D eigenvalue weighted by Crippen LogP contribution is 2.45. The predicted octanol–water partition coefficient (Wildman–Crippen LogP) is 4.74. The van der Waals surface area contributed by atoms with Crippen LogP contribution in [0.3, 0.4) is 0 Å². The summed E-state index contributed by atoms with van der Waals surface area (Å²) in [5, 5.41) is 10.2. The van der Waals surface area contributed by atoms with Crippen LogP contribution in [0, 0.1) is 0 Å². The molecule has 0 unspecified atom stereocenters. The van der Waals surface area contributed by atoms with Crippen molar-refractivity contribution in [2.75, 3.05) is 13.7 Å². The van der Waals surface area contributed by atoms with Crippen LogP contribution in [0.2, 0.25) is 36.3 Å². The van der Waals surface area contributed by atoms with Crippen LogP contribution in [-0.2, 0) is 20.1 Å². The number of nitrogens with zero attached hydrogens (tertiary/aromatic N) is 2. The maximum absolute atomic E-state index is 13.8. The van der Waals surface area contributed by atoms with E-state index in [1.807, 2.05) is 12.1 Å². The highest BCUT2D eigenvalue weighted by Gasteiger charge is 2.54. The van der Waals surface area contributed by atoms with Crippen molar-refractivity contribution < 1.29 is 23.4 Å². The minimum absolute atomic E-state index is 0.0882. The number of rotatable bonds is 9. The van der Waals surface area contributed by atoms with Crippen molar-refractivity contribution in [3.8, 4) is 5.75 Å². The zero-order valence-electron chi connectivity index (χ0n) is 26.0. The number of ether oxygens (including phenoxy) is 2. The Morgan fingerprint density at radius 2 is 1.40 bits per heavy atom. The maximum atomic E-state index is 13.8. The minimum atomic E-state index is -2.38. The number of aromatic nitrogens is 2. The van der Waals surface area contributed by atoms with Gasteiger partial charge in [0.15, 0.2) is 22.9 Å². The average molecular weight is 593 g/mol. The summed E-state index contributed by atoms with van der Waals surface area (Å²) in [5.74, 6) is 0.689. The van der Waals surface area contributed by atoms with E-state index in [1.165, 1.54) is 21.4 Å². The molecule has 2 heterocycles. The summed E-state index contributed by atoms with van der Waals surface area (Å²) in [7, 11) is -3.12. The fraction of sp³-hybridized carbons (Fsp3) is 0.655. The van der Waals surface area contributed by atoms with Crippen LogP contribution in [0.15, 0.2) is 46.1 Å². The summed E-state index contributed by atoms with van der Waals surface area (Å²) in [6.45, 7) is 21.3. The number of methoxy groups -OCH3 is 1. The Hall–Kier alpha value is -2.03. The van der Waals surface area contributed by atoms with Crippen LogP contribution in [0.5, 0.6) is 5.75 Å². The molecule has 11 heteroatoms. The molecule has 2 aromatic rings. The average Bonchev–Trinajstić information content (AvgIpc) is 3.16. The Morgan fingerprint density at radius 1 is 0.875 bits per heavy atom. The largest absolute Gasteiger partial charge is 0.497 e. The zero-order valence-corrected chi connectivity index (χ0v) is 28.0. The molecule has 40 heavy (non-hydrogen) atoms. The zero-order chi connectivity index (χ0) is 30.3. The Labute approximate surface area is 240 Å². The second-order valence-corrected chi connectivity index (χ2v) is 23.2. The minimum Gasteiger partial charge on any atom is -0.497 e. The number of hydrogen-bond acceptors (Lipinski definition) is 7. The third kappa shape index (κ3) is 6.71. The van der Waals surface area contributed by atoms with Gasteiger partial charge in [0, 0.05) is 12.3 Å². The second-order valence-electron chi connectivity index (χ2n) is 13.7. The molecule has 0 bridgehead atoms. The van der Waals surface area contributed by atoms with E-state index in [9.17, 15) is 14.7 Å². The summed E-state index contributed by atoms with van der Waals surface area (Å²) >= 11 is 0. The van der Waals surface area contributed by atoms with Gasteiger partial charge >= 0.3 is 5.69 Å². The molecule has 0 saturated carbocycles. The summed E-state index contributed by atoms with van der Waals surface area (Å²) < 4.78 is 28.0. The molecule has 3 rings (SSSR count). The Kier molecular flexibility index (Phi) is 9.50. The van der Waals surface area contributed by atoms with Crippen molar-refractivity contribution >= 4 is 16.6 Å². The van der Waals surface area contributed by atoms with Crippen LogP contribution in [0.25, 0.3) is 0 Å². The van der Waals surface area contributed by atoms with Gasteiger partial charge in [-0.2, -0.15) is 0 Å². The topological polar surface area (TPSA) is 101 Å². The molecule has 1 aliphatic heterocycles. The van der Waals surface area contributed by atoms with Gasteiger partial charge in [-0.05, 0) is 54.0 Å². The van der Waals surface area contributed by atoms with Crippen LogP contribution in [0.1, 0.15) is 53.3 Å². The van der Waals surface area contributed by atoms with Crippen molar-refractivity contribution in [1.29, 1.82) is 0 Å². The van der Waals surface area contributed by atoms with Crippen molar-refractivity contribution in [1.82, 2.24) is 9.13 Å². The molecule has 224 valence electrons. The summed E-state index contributed by atoms with van der Waals surface area (Å²) in [4.78, 5) is 26.7. The number of benzene rings is 1. The molecule has 1 saturated heterocycles. The molecule has 1 fully saturated rings. The number of aliphatic hydroxyl groups excluding tert-OH is 1. The molecule has 1 N–H and O–H groups in total. The molecule has 1 aromatic heterocycles. The van der Waals surface area contributed by atoms with Crippen LogP contribution in [-0.4, -0.2) is 62.9 Å². The molecule has 9 nitrogen and oxygen atoms in total. The fourth-order valence-electron chi connectivity index (χ4n) is 4.16. The lowest BCUT2D eigenvalue weighted by Gasteiger charge is -2.44. The van der Waals surface area contributed by atoms with E-state index >= 15 is 0 Å². The van der Waals surface area contributed by atoms with Gasteiger partial charge < -0.3 is 23.4 Å². The van der Waals surface area contributed by atoms with E-state index in [0.29, 0.717) is 5.75 Å². The van der Waals surface area contributed by atoms with Gasteiger partial charge in [0.25, 0.3) is 5.56 Å². The van der Waals surface area contributed by atoms with Gasteiger partial charge in [-0.25, -0.2) is 4.79 Å². The molecule has 0 aliphatic carbocycles. The van der Waals surface area contributed by atoms with E-state index in [-0.39, 0.29) is 23.2 Å². The lowest BCUT2D eigenvalue weighted by molar-refractivity contribution is -0.0535. The lowest BCUT2D eigenvalue weighted by atomic mass is 10.1. The smallest absolute Gasteiger partial charge is 0.333 e. The number of hydrogen-bond donors (Lipinski definition) is 1. The first-order chi connectivity index (χ1) is 18.3. The third-order valence-corrected chi connectivity index (χ3v) is 17.8. The molecule has 1 aromatic carbocycles. The summed E-state index contributed by atoms with van der Waals surface area (Å²) in [6, 6.07) is 8.59. The molecule has 4 atom stereocenters. The van der Waals surface area contributed by atoms with Crippen LogP contribution in [0.4, 0.5) is 0 Å². The summed E-state index contributed by atoms with van der Waals surface area (Å²) in [6.07, 6.45) is -1.35. The fourth-order valence-corrected chi connectivity index (χ4v) is 6.77. The van der Waals surface area contributed by atoms with Crippen molar-refractivity contribution in [3.63, 3.8) is 0 Å². The van der Waals surface area contributed by atoms with Gasteiger partial charge in [-0.3, -0.25) is 13.9 Å². The number of aliphatic hydroxyl groups is 1. The lowest BCUT2D eigenvalue weighted by Crippen LogP contribution is -2.54. The molecule has 1 aliphatic rings. The van der Waals surface area contributed by atoms with Gasteiger partial charge in [-0.15, -0.1) is 0 Å².